The summed E-state index contributed by atoms with van der Waals surface area (Å²) in [6, 6.07) is 0. The highest BCUT2D eigenvalue weighted by molar-refractivity contribution is 5.66. The van der Waals surface area contributed by atoms with Crippen molar-refractivity contribution in [1.82, 2.24) is 0 Å². The normalized spacial score (nSPS) is 55.2. The van der Waals surface area contributed by atoms with Gasteiger partial charge in [0.1, 0.15) is 6.10 Å². The third-order valence-electron chi connectivity index (χ3n) is 4.01. The fourth-order valence-electron chi connectivity index (χ4n) is 3.70. The molecule has 4 saturated carbocycles. The number of rotatable bonds is 2. The Kier molecular flexibility index (Phi) is 1.36. The van der Waals surface area contributed by atoms with Crippen LogP contribution in [-0.4, -0.2) is 25.3 Å². The first-order valence-corrected chi connectivity index (χ1v) is 4.94. The van der Waals surface area contributed by atoms with E-state index in [-0.39, 0.29) is 12.1 Å². The van der Waals surface area contributed by atoms with Crippen molar-refractivity contribution in [2.45, 2.75) is 25.6 Å². The molecule has 4 bridgehead atoms. The molecular formula is C10H14O3. The van der Waals surface area contributed by atoms with Gasteiger partial charge in [-0.1, -0.05) is 0 Å². The molecule has 0 spiro atoms. The summed E-state index contributed by atoms with van der Waals surface area (Å²) in [5, 5.41) is 0. The molecule has 0 heterocycles. The topological polar surface area (TPSA) is 35.5 Å². The highest BCUT2D eigenvalue weighted by Gasteiger charge is 2.75. The highest BCUT2D eigenvalue weighted by atomic mass is 16.5. The van der Waals surface area contributed by atoms with Crippen LogP contribution in [0.25, 0.3) is 0 Å². The van der Waals surface area contributed by atoms with Gasteiger partial charge in [-0.25, -0.2) is 0 Å². The summed E-state index contributed by atoms with van der Waals surface area (Å²) in [6.07, 6.45) is 1.77. The first-order chi connectivity index (χ1) is 6.24. The predicted octanol–water partition coefficient (Wildman–Crippen LogP) is 0.829. The maximum absolute atomic E-state index is 10.9. The van der Waals surface area contributed by atoms with Crippen molar-refractivity contribution in [3.05, 3.63) is 0 Å². The third kappa shape index (κ3) is 0.810. The Hall–Kier alpha value is -0.570. The molecule has 13 heavy (non-hydrogen) atoms. The van der Waals surface area contributed by atoms with E-state index in [4.69, 9.17) is 9.47 Å². The molecule has 0 saturated heterocycles. The van der Waals surface area contributed by atoms with Crippen LogP contribution in [0.2, 0.25) is 0 Å². The lowest BCUT2D eigenvalue weighted by atomic mass is 10.1. The van der Waals surface area contributed by atoms with Gasteiger partial charge in [0.25, 0.3) is 0 Å². The van der Waals surface area contributed by atoms with Crippen LogP contribution in [0.5, 0.6) is 0 Å². The zero-order valence-electron chi connectivity index (χ0n) is 7.90. The van der Waals surface area contributed by atoms with E-state index in [0.717, 1.165) is 5.92 Å². The summed E-state index contributed by atoms with van der Waals surface area (Å²) in [7, 11) is 1.77. The molecule has 0 amide bonds. The van der Waals surface area contributed by atoms with Crippen molar-refractivity contribution >= 4 is 5.97 Å². The minimum atomic E-state index is -0.141. The van der Waals surface area contributed by atoms with Crippen LogP contribution in [0.3, 0.4) is 0 Å². The zero-order chi connectivity index (χ0) is 9.16. The van der Waals surface area contributed by atoms with Gasteiger partial charge in [0.15, 0.2) is 0 Å². The van der Waals surface area contributed by atoms with Gasteiger partial charge in [-0.2, -0.15) is 0 Å². The molecule has 0 aliphatic heterocycles. The molecule has 0 aromatic heterocycles. The molecule has 72 valence electrons. The molecule has 4 aliphatic rings. The van der Waals surface area contributed by atoms with Crippen LogP contribution in [0, 0.1) is 23.7 Å². The minimum Gasteiger partial charge on any atom is -0.462 e. The minimum absolute atomic E-state index is 0.141. The van der Waals surface area contributed by atoms with E-state index in [1.54, 1.807) is 7.11 Å². The van der Waals surface area contributed by atoms with Crippen molar-refractivity contribution in [1.29, 1.82) is 0 Å². The second-order valence-corrected chi connectivity index (χ2v) is 4.49. The molecule has 0 radical (unpaired) electrons. The van der Waals surface area contributed by atoms with Crippen molar-refractivity contribution < 1.29 is 14.3 Å². The number of carbonyl (C=O) groups excluding carboxylic acids is 1. The summed E-state index contributed by atoms with van der Waals surface area (Å²) >= 11 is 0. The van der Waals surface area contributed by atoms with Gasteiger partial charge in [0, 0.05) is 25.9 Å². The van der Waals surface area contributed by atoms with Crippen LogP contribution in [0.4, 0.5) is 0 Å². The zero-order valence-corrected chi connectivity index (χ0v) is 7.90. The SMILES string of the molecule is CO[C@@H]1C2C3[C@@H]2C[C@@H]1[C@@H]3OC(C)=O. The van der Waals surface area contributed by atoms with Gasteiger partial charge in [-0.05, 0) is 18.3 Å². The van der Waals surface area contributed by atoms with E-state index in [1.807, 2.05) is 0 Å². The molecule has 3 heteroatoms. The Morgan fingerprint density at radius 2 is 1.92 bits per heavy atom. The van der Waals surface area contributed by atoms with Crippen molar-refractivity contribution in [3.8, 4) is 0 Å². The number of hydrogen-bond donors (Lipinski definition) is 0. The van der Waals surface area contributed by atoms with Gasteiger partial charge in [-0.3, -0.25) is 4.79 Å². The van der Waals surface area contributed by atoms with Gasteiger partial charge >= 0.3 is 5.97 Å². The summed E-state index contributed by atoms with van der Waals surface area (Å²) in [4.78, 5) is 10.9. The van der Waals surface area contributed by atoms with Crippen molar-refractivity contribution in [2.24, 2.45) is 23.7 Å². The fraction of sp³-hybridized carbons (Fsp3) is 0.900. The Labute approximate surface area is 77.4 Å². The summed E-state index contributed by atoms with van der Waals surface area (Å²) in [5.74, 6) is 2.50. The van der Waals surface area contributed by atoms with Crippen LogP contribution < -0.4 is 0 Å². The van der Waals surface area contributed by atoms with E-state index in [9.17, 15) is 4.79 Å². The lowest BCUT2D eigenvalue weighted by molar-refractivity contribution is -0.149. The lowest BCUT2D eigenvalue weighted by Gasteiger charge is -2.18. The average Bonchev–Trinajstić information content (AvgIpc) is 2.42. The van der Waals surface area contributed by atoms with Crippen LogP contribution in [0.15, 0.2) is 0 Å². The van der Waals surface area contributed by atoms with E-state index in [1.165, 1.54) is 13.3 Å². The Balaban J connectivity index is 1.78. The largest absolute Gasteiger partial charge is 0.462 e. The predicted molar refractivity (Wildman–Crippen MR) is 44.9 cm³/mol. The van der Waals surface area contributed by atoms with Crippen molar-refractivity contribution in [2.75, 3.05) is 7.11 Å². The number of carbonyl (C=O) groups is 1. The Morgan fingerprint density at radius 1 is 1.23 bits per heavy atom. The Bertz CT molecular complexity index is 263. The number of esters is 1. The number of ether oxygens (including phenoxy) is 2. The van der Waals surface area contributed by atoms with Gasteiger partial charge in [0.2, 0.25) is 0 Å². The molecule has 0 aromatic carbocycles. The quantitative estimate of drug-likeness (QED) is 0.593. The van der Waals surface area contributed by atoms with Crippen molar-refractivity contribution in [3.63, 3.8) is 0 Å². The number of hydrogen-bond acceptors (Lipinski definition) is 3. The summed E-state index contributed by atoms with van der Waals surface area (Å²) in [6.45, 7) is 1.49. The Morgan fingerprint density at radius 3 is 2.38 bits per heavy atom. The van der Waals surface area contributed by atoms with Gasteiger partial charge in [0.05, 0.1) is 6.10 Å². The average molecular weight is 182 g/mol. The first-order valence-electron chi connectivity index (χ1n) is 4.94. The molecule has 6 atom stereocenters. The van der Waals surface area contributed by atoms with E-state index >= 15 is 0 Å². The van der Waals surface area contributed by atoms with E-state index in [0.29, 0.717) is 23.9 Å². The smallest absolute Gasteiger partial charge is 0.302 e. The van der Waals surface area contributed by atoms with Gasteiger partial charge < -0.3 is 9.47 Å². The molecule has 0 N–H and O–H groups in total. The summed E-state index contributed by atoms with van der Waals surface area (Å²) in [5.41, 5.74) is 0. The van der Waals surface area contributed by atoms with Crippen LogP contribution in [-0.2, 0) is 14.3 Å². The van der Waals surface area contributed by atoms with E-state index in [2.05, 4.69) is 0 Å². The monoisotopic (exact) mass is 182 g/mol. The third-order valence-corrected chi connectivity index (χ3v) is 4.01. The maximum atomic E-state index is 10.9. The number of methoxy groups -OCH3 is 1. The second kappa shape index (κ2) is 2.27. The molecule has 4 fully saturated rings. The fourth-order valence-corrected chi connectivity index (χ4v) is 3.70. The molecule has 3 nitrogen and oxygen atoms in total. The maximum Gasteiger partial charge on any atom is 0.302 e. The summed E-state index contributed by atoms with van der Waals surface area (Å²) < 4.78 is 10.8. The highest BCUT2D eigenvalue weighted by Crippen LogP contribution is 2.71. The molecular weight excluding hydrogens is 168 g/mol. The first kappa shape index (κ1) is 7.80. The van der Waals surface area contributed by atoms with E-state index < -0.39 is 0 Å². The molecule has 4 rings (SSSR count). The second-order valence-electron chi connectivity index (χ2n) is 4.49. The van der Waals surface area contributed by atoms with Crippen LogP contribution in [0.1, 0.15) is 13.3 Å². The molecule has 4 aliphatic carbocycles. The van der Waals surface area contributed by atoms with Gasteiger partial charge in [-0.15, -0.1) is 0 Å². The molecule has 2 unspecified atom stereocenters. The standard InChI is InChI=1S/C10H14O3/c1-4(11)13-10-6-3-5-7(8(5)10)9(6)12-2/h5-10H,3H2,1-2H3/t5-,6+,7?,8?,9+,10+/m1/s1. The van der Waals surface area contributed by atoms with Crippen LogP contribution >= 0.6 is 0 Å². The molecule has 0 aromatic rings. The lowest BCUT2D eigenvalue weighted by Crippen LogP contribution is -2.26.